The first-order valence-electron chi connectivity index (χ1n) is 4.68. The van der Waals surface area contributed by atoms with E-state index in [0.29, 0.717) is 15.9 Å². The SMILES string of the molecule is OC(Cc1ccc(F)c(Br)c1)c1nccs1. The van der Waals surface area contributed by atoms with Crippen molar-refractivity contribution in [3.05, 3.63) is 50.6 Å². The van der Waals surface area contributed by atoms with Gasteiger partial charge < -0.3 is 5.11 Å². The fraction of sp³-hybridized carbons (Fsp3) is 0.182. The first-order chi connectivity index (χ1) is 7.66. The van der Waals surface area contributed by atoms with Gasteiger partial charge in [-0.25, -0.2) is 9.37 Å². The van der Waals surface area contributed by atoms with Crippen LogP contribution in [-0.4, -0.2) is 10.1 Å². The van der Waals surface area contributed by atoms with Crippen molar-refractivity contribution in [3.8, 4) is 0 Å². The van der Waals surface area contributed by atoms with E-state index in [9.17, 15) is 9.50 Å². The van der Waals surface area contributed by atoms with Crippen LogP contribution in [0.2, 0.25) is 0 Å². The summed E-state index contributed by atoms with van der Waals surface area (Å²) in [5, 5.41) is 12.4. The number of aromatic nitrogens is 1. The molecule has 0 radical (unpaired) electrons. The highest BCUT2D eigenvalue weighted by molar-refractivity contribution is 9.10. The third kappa shape index (κ3) is 2.66. The van der Waals surface area contributed by atoms with E-state index in [2.05, 4.69) is 20.9 Å². The van der Waals surface area contributed by atoms with Gasteiger partial charge in [-0.15, -0.1) is 11.3 Å². The molecule has 5 heteroatoms. The summed E-state index contributed by atoms with van der Waals surface area (Å²) in [6, 6.07) is 4.72. The molecule has 0 aliphatic rings. The van der Waals surface area contributed by atoms with Crippen molar-refractivity contribution in [2.75, 3.05) is 0 Å². The largest absolute Gasteiger partial charge is 0.386 e. The molecule has 0 spiro atoms. The smallest absolute Gasteiger partial charge is 0.137 e. The maximum atomic E-state index is 13.0. The van der Waals surface area contributed by atoms with Gasteiger partial charge in [0.1, 0.15) is 16.9 Å². The Morgan fingerprint density at radius 1 is 1.50 bits per heavy atom. The minimum Gasteiger partial charge on any atom is -0.386 e. The molecule has 1 atom stereocenters. The summed E-state index contributed by atoms with van der Waals surface area (Å²) in [7, 11) is 0. The number of aliphatic hydroxyl groups excluding tert-OH is 1. The topological polar surface area (TPSA) is 33.1 Å². The van der Waals surface area contributed by atoms with Crippen LogP contribution in [0, 0.1) is 5.82 Å². The van der Waals surface area contributed by atoms with E-state index in [1.54, 1.807) is 18.3 Å². The van der Waals surface area contributed by atoms with Gasteiger partial charge in [-0.1, -0.05) is 6.07 Å². The molecule has 1 heterocycles. The predicted octanol–water partition coefficient (Wildman–Crippen LogP) is 3.32. The van der Waals surface area contributed by atoms with Crippen LogP contribution in [0.25, 0.3) is 0 Å². The molecule has 0 amide bonds. The van der Waals surface area contributed by atoms with Crippen LogP contribution in [0.15, 0.2) is 34.2 Å². The number of hydrogen-bond donors (Lipinski definition) is 1. The molecule has 2 rings (SSSR count). The van der Waals surface area contributed by atoms with E-state index in [1.807, 2.05) is 5.38 Å². The Labute approximate surface area is 105 Å². The van der Waals surface area contributed by atoms with Gasteiger partial charge in [0.2, 0.25) is 0 Å². The first-order valence-corrected chi connectivity index (χ1v) is 6.35. The maximum absolute atomic E-state index is 13.0. The molecule has 84 valence electrons. The molecule has 0 fully saturated rings. The first kappa shape index (κ1) is 11.7. The molecule has 2 nitrogen and oxygen atoms in total. The zero-order valence-corrected chi connectivity index (χ0v) is 10.6. The lowest BCUT2D eigenvalue weighted by atomic mass is 10.1. The second-order valence-corrected chi connectivity index (χ2v) is 5.12. The van der Waals surface area contributed by atoms with Crippen molar-refractivity contribution in [2.45, 2.75) is 12.5 Å². The second kappa shape index (κ2) is 5.03. The van der Waals surface area contributed by atoms with E-state index >= 15 is 0 Å². The molecule has 1 aromatic carbocycles. The minimum atomic E-state index is -0.627. The van der Waals surface area contributed by atoms with E-state index < -0.39 is 6.10 Å². The van der Waals surface area contributed by atoms with E-state index in [-0.39, 0.29) is 5.82 Å². The van der Waals surface area contributed by atoms with Crippen LogP contribution in [0.3, 0.4) is 0 Å². The van der Waals surface area contributed by atoms with Gasteiger partial charge in [0.05, 0.1) is 4.47 Å². The van der Waals surface area contributed by atoms with Crippen LogP contribution < -0.4 is 0 Å². The van der Waals surface area contributed by atoms with E-state index in [0.717, 1.165) is 5.56 Å². The van der Waals surface area contributed by atoms with Crippen molar-refractivity contribution in [2.24, 2.45) is 0 Å². The Balaban J connectivity index is 2.12. The summed E-state index contributed by atoms with van der Waals surface area (Å²) in [5.41, 5.74) is 0.871. The number of halogens is 2. The highest BCUT2D eigenvalue weighted by atomic mass is 79.9. The molecule has 0 saturated heterocycles. The molecule has 0 bridgehead atoms. The van der Waals surface area contributed by atoms with Gasteiger partial charge >= 0.3 is 0 Å². The van der Waals surface area contributed by atoms with Gasteiger partial charge in [-0.2, -0.15) is 0 Å². The summed E-state index contributed by atoms with van der Waals surface area (Å²) in [5.74, 6) is -0.299. The number of hydrogen-bond acceptors (Lipinski definition) is 3. The molecule has 1 N–H and O–H groups in total. The number of rotatable bonds is 3. The average Bonchev–Trinajstić information content (AvgIpc) is 2.77. The average molecular weight is 302 g/mol. The third-order valence-corrected chi connectivity index (χ3v) is 3.63. The summed E-state index contributed by atoms with van der Waals surface area (Å²) in [4.78, 5) is 4.04. The molecular formula is C11H9BrFNOS. The summed E-state index contributed by atoms with van der Waals surface area (Å²) in [6.07, 6.45) is 1.47. The monoisotopic (exact) mass is 301 g/mol. The van der Waals surface area contributed by atoms with E-state index in [1.165, 1.54) is 17.4 Å². The lowest BCUT2D eigenvalue weighted by Crippen LogP contribution is -2.01. The Morgan fingerprint density at radius 3 is 2.94 bits per heavy atom. The molecular weight excluding hydrogens is 293 g/mol. The Bertz CT molecular complexity index is 475. The number of thiazole rings is 1. The van der Waals surface area contributed by atoms with Crippen LogP contribution in [0.1, 0.15) is 16.7 Å². The number of nitrogens with zero attached hydrogens (tertiary/aromatic N) is 1. The zero-order valence-electron chi connectivity index (χ0n) is 8.23. The standard InChI is InChI=1S/C11H9BrFNOS/c12-8-5-7(1-2-9(8)13)6-10(15)11-14-3-4-16-11/h1-5,10,15H,6H2. The Kier molecular flexibility index (Phi) is 3.68. The molecule has 16 heavy (non-hydrogen) atoms. The zero-order chi connectivity index (χ0) is 11.5. The van der Waals surface area contributed by atoms with Crippen LogP contribution in [0.5, 0.6) is 0 Å². The summed E-state index contributed by atoms with van der Waals surface area (Å²) < 4.78 is 13.4. The molecule has 0 saturated carbocycles. The van der Waals surface area contributed by atoms with Crippen LogP contribution in [0.4, 0.5) is 4.39 Å². The van der Waals surface area contributed by atoms with Gasteiger partial charge in [0, 0.05) is 18.0 Å². The lowest BCUT2D eigenvalue weighted by molar-refractivity contribution is 0.178. The fourth-order valence-corrected chi connectivity index (χ4v) is 2.43. The van der Waals surface area contributed by atoms with Crippen molar-refractivity contribution in [1.82, 2.24) is 4.98 Å². The van der Waals surface area contributed by atoms with Crippen molar-refractivity contribution in [3.63, 3.8) is 0 Å². The fourth-order valence-electron chi connectivity index (χ4n) is 1.38. The van der Waals surface area contributed by atoms with Crippen LogP contribution in [-0.2, 0) is 6.42 Å². The van der Waals surface area contributed by atoms with Crippen molar-refractivity contribution in [1.29, 1.82) is 0 Å². The van der Waals surface area contributed by atoms with Gasteiger partial charge in [0.25, 0.3) is 0 Å². The summed E-state index contributed by atoms with van der Waals surface area (Å²) >= 11 is 4.53. The molecule has 0 aliphatic heterocycles. The molecule has 1 aromatic heterocycles. The van der Waals surface area contributed by atoms with Crippen molar-refractivity contribution >= 4 is 27.3 Å². The number of benzene rings is 1. The highest BCUT2D eigenvalue weighted by Crippen LogP contribution is 2.23. The maximum Gasteiger partial charge on any atom is 0.137 e. The quantitative estimate of drug-likeness (QED) is 0.943. The van der Waals surface area contributed by atoms with Crippen LogP contribution >= 0.6 is 27.3 Å². The Hall–Kier alpha value is -0.780. The van der Waals surface area contributed by atoms with E-state index in [4.69, 9.17) is 0 Å². The third-order valence-electron chi connectivity index (χ3n) is 2.15. The predicted molar refractivity (Wildman–Crippen MR) is 64.9 cm³/mol. The van der Waals surface area contributed by atoms with Gasteiger partial charge in [0.15, 0.2) is 0 Å². The minimum absolute atomic E-state index is 0.299. The Morgan fingerprint density at radius 2 is 2.31 bits per heavy atom. The van der Waals surface area contributed by atoms with Gasteiger partial charge in [-0.3, -0.25) is 0 Å². The van der Waals surface area contributed by atoms with Crippen molar-refractivity contribution < 1.29 is 9.50 Å². The highest BCUT2D eigenvalue weighted by Gasteiger charge is 2.11. The second-order valence-electron chi connectivity index (χ2n) is 3.34. The molecule has 1 unspecified atom stereocenters. The molecule has 2 aromatic rings. The van der Waals surface area contributed by atoms with Gasteiger partial charge in [-0.05, 0) is 33.6 Å². The number of aliphatic hydroxyl groups is 1. The summed E-state index contributed by atoms with van der Waals surface area (Å²) in [6.45, 7) is 0. The molecule has 0 aliphatic carbocycles. The normalized spacial score (nSPS) is 12.7. The lowest BCUT2D eigenvalue weighted by Gasteiger charge is -2.07.